The van der Waals surface area contributed by atoms with Crippen molar-refractivity contribution in [2.24, 2.45) is 0 Å². The van der Waals surface area contributed by atoms with Crippen molar-refractivity contribution in [2.75, 3.05) is 26.2 Å². The molecule has 1 aliphatic heterocycles. The summed E-state index contributed by atoms with van der Waals surface area (Å²) in [6.45, 7) is 5.01. The minimum atomic E-state index is -0.00593. The van der Waals surface area contributed by atoms with E-state index in [2.05, 4.69) is 20.3 Å². The summed E-state index contributed by atoms with van der Waals surface area (Å²) < 4.78 is 11.4. The number of amides is 1. The molecule has 1 aliphatic rings. The van der Waals surface area contributed by atoms with E-state index < -0.39 is 0 Å². The van der Waals surface area contributed by atoms with Crippen LogP contribution in [-0.4, -0.2) is 57.2 Å². The Morgan fingerprint density at radius 3 is 2.58 bits per heavy atom. The average Bonchev–Trinajstić information content (AvgIpc) is 3.45. The fraction of sp³-hybridized carbons (Fsp3) is 0.250. The van der Waals surface area contributed by atoms with Gasteiger partial charge in [-0.3, -0.25) is 9.69 Å². The van der Waals surface area contributed by atoms with E-state index in [0.717, 1.165) is 5.56 Å². The lowest BCUT2D eigenvalue weighted by molar-refractivity contribution is 0.0618. The van der Waals surface area contributed by atoms with Gasteiger partial charge >= 0.3 is 0 Å². The molecule has 0 N–H and O–H groups in total. The number of benzene rings is 2. The predicted octanol–water partition coefficient (Wildman–Crippen LogP) is 4.31. The Balaban J connectivity index is 1.24. The lowest BCUT2D eigenvalue weighted by atomic mass is 10.1. The maximum absolute atomic E-state index is 12.7. The first-order chi connectivity index (χ1) is 16.1. The molecular weight excluding hydrogens is 442 g/mol. The first kappa shape index (κ1) is 21.4. The molecular formula is C24H22ClN5O3. The summed E-state index contributed by atoms with van der Waals surface area (Å²) in [4.78, 5) is 16.8. The summed E-state index contributed by atoms with van der Waals surface area (Å²) in [5.41, 5.74) is 2.91. The highest BCUT2D eigenvalue weighted by atomic mass is 35.5. The summed E-state index contributed by atoms with van der Waals surface area (Å²) in [5.74, 6) is 1.52. The molecule has 5 rings (SSSR count). The van der Waals surface area contributed by atoms with Crippen LogP contribution in [0.1, 0.15) is 22.0 Å². The quantitative estimate of drug-likeness (QED) is 0.435. The largest absolute Gasteiger partial charge is 0.419 e. The van der Waals surface area contributed by atoms with Crippen molar-refractivity contribution < 1.29 is 13.7 Å². The van der Waals surface area contributed by atoms with Crippen LogP contribution < -0.4 is 0 Å². The Bertz CT molecular complexity index is 1260. The second kappa shape index (κ2) is 9.17. The van der Waals surface area contributed by atoms with Gasteiger partial charge in [0.05, 0.1) is 6.54 Å². The number of nitrogens with zero attached hydrogens (tertiary/aromatic N) is 5. The molecule has 4 aromatic rings. The highest BCUT2D eigenvalue weighted by molar-refractivity contribution is 6.30. The van der Waals surface area contributed by atoms with Gasteiger partial charge in [0.25, 0.3) is 11.8 Å². The number of halogens is 1. The molecule has 9 heteroatoms. The van der Waals surface area contributed by atoms with Gasteiger partial charge < -0.3 is 13.8 Å². The van der Waals surface area contributed by atoms with Crippen LogP contribution in [0, 0.1) is 6.92 Å². The third-order valence-electron chi connectivity index (χ3n) is 5.68. The number of carbonyl (C=O) groups excluding carboxylic acids is 1. The summed E-state index contributed by atoms with van der Waals surface area (Å²) in [6, 6.07) is 16.8. The minimum Gasteiger partial charge on any atom is -0.419 e. The van der Waals surface area contributed by atoms with Crippen LogP contribution in [-0.2, 0) is 6.54 Å². The van der Waals surface area contributed by atoms with Crippen molar-refractivity contribution in [3.05, 3.63) is 76.8 Å². The topological polar surface area (TPSA) is 88.5 Å². The Morgan fingerprint density at radius 1 is 1.03 bits per heavy atom. The molecule has 0 spiro atoms. The van der Waals surface area contributed by atoms with E-state index in [1.165, 1.54) is 0 Å². The minimum absolute atomic E-state index is 0.00593. The zero-order valence-corrected chi connectivity index (χ0v) is 18.8. The number of hydrogen-bond donors (Lipinski definition) is 0. The molecule has 2 aromatic carbocycles. The van der Waals surface area contributed by atoms with E-state index in [1.807, 2.05) is 42.2 Å². The van der Waals surface area contributed by atoms with E-state index in [0.29, 0.717) is 72.1 Å². The van der Waals surface area contributed by atoms with Crippen molar-refractivity contribution in [3.8, 4) is 22.7 Å². The van der Waals surface area contributed by atoms with Gasteiger partial charge in [-0.1, -0.05) is 53.2 Å². The fourth-order valence-electron chi connectivity index (χ4n) is 3.94. The Kier molecular flexibility index (Phi) is 5.93. The molecule has 1 amide bonds. The highest BCUT2D eigenvalue weighted by Crippen LogP contribution is 2.33. The van der Waals surface area contributed by atoms with Gasteiger partial charge in [-0.2, -0.15) is 0 Å². The standard InChI is InChI=1S/C24H22ClN5O3/c1-16-21(22(28-33-16)17-6-3-2-4-7-17)23-27-26-20(32-23)15-29-10-12-30(13-11-29)24(31)18-8-5-9-19(25)14-18/h2-9,14H,10-13,15H2,1H3. The molecule has 0 radical (unpaired) electrons. The SMILES string of the molecule is Cc1onc(-c2ccccc2)c1-c1nnc(CN2CCN(C(=O)c3cccc(Cl)c3)CC2)o1. The number of aromatic nitrogens is 3. The van der Waals surface area contributed by atoms with Crippen LogP contribution in [0.4, 0.5) is 0 Å². The van der Waals surface area contributed by atoms with Gasteiger partial charge in [0, 0.05) is 42.3 Å². The molecule has 0 unspecified atom stereocenters. The van der Waals surface area contributed by atoms with E-state index in [9.17, 15) is 4.79 Å². The van der Waals surface area contributed by atoms with Crippen molar-refractivity contribution in [1.82, 2.24) is 25.2 Å². The lowest BCUT2D eigenvalue weighted by Gasteiger charge is -2.34. The molecule has 168 valence electrons. The van der Waals surface area contributed by atoms with Gasteiger partial charge in [-0.25, -0.2) is 0 Å². The monoisotopic (exact) mass is 463 g/mol. The van der Waals surface area contributed by atoms with Crippen LogP contribution in [0.25, 0.3) is 22.7 Å². The maximum atomic E-state index is 12.7. The van der Waals surface area contributed by atoms with Crippen molar-refractivity contribution >= 4 is 17.5 Å². The normalized spacial score (nSPS) is 14.5. The highest BCUT2D eigenvalue weighted by Gasteiger charge is 2.25. The van der Waals surface area contributed by atoms with E-state index in [1.54, 1.807) is 24.3 Å². The second-order valence-electron chi connectivity index (χ2n) is 7.91. The van der Waals surface area contributed by atoms with Crippen molar-refractivity contribution in [1.29, 1.82) is 0 Å². The van der Waals surface area contributed by atoms with Gasteiger partial charge in [-0.15, -0.1) is 10.2 Å². The molecule has 0 atom stereocenters. The number of carbonyl (C=O) groups is 1. The van der Waals surface area contributed by atoms with Crippen LogP contribution in [0.2, 0.25) is 5.02 Å². The third-order valence-corrected chi connectivity index (χ3v) is 5.92. The van der Waals surface area contributed by atoms with E-state index in [-0.39, 0.29) is 5.91 Å². The van der Waals surface area contributed by atoms with Crippen LogP contribution in [0.5, 0.6) is 0 Å². The fourth-order valence-corrected chi connectivity index (χ4v) is 4.13. The Hall–Kier alpha value is -3.49. The third kappa shape index (κ3) is 4.53. The smallest absolute Gasteiger partial charge is 0.253 e. The first-order valence-corrected chi connectivity index (χ1v) is 11.1. The Labute approximate surface area is 195 Å². The molecule has 8 nitrogen and oxygen atoms in total. The zero-order valence-electron chi connectivity index (χ0n) is 18.1. The average molecular weight is 464 g/mol. The number of piperazine rings is 1. The van der Waals surface area contributed by atoms with Crippen molar-refractivity contribution in [2.45, 2.75) is 13.5 Å². The molecule has 1 fully saturated rings. The number of rotatable bonds is 5. The van der Waals surface area contributed by atoms with Crippen molar-refractivity contribution in [3.63, 3.8) is 0 Å². The molecule has 0 aliphatic carbocycles. The van der Waals surface area contributed by atoms with Gasteiger partial charge in [0.2, 0.25) is 5.89 Å². The Morgan fingerprint density at radius 2 is 1.82 bits per heavy atom. The molecule has 0 bridgehead atoms. The van der Waals surface area contributed by atoms with Gasteiger partial charge in [0.15, 0.2) is 0 Å². The maximum Gasteiger partial charge on any atom is 0.253 e. The van der Waals surface area contributed by atoms with Gasteiger partial charge in [-0.05, 0) is 25.1 Å². The van der Waals surface area contributed by atoms with E-state index >= 15 is 0 Å². The molecule has 1 saturated heterocycles. The van der Waals surface area contributed by atoms with Crippen LogP contribution >= 0.6 is 11.6 Å². The first-order valence-electron chi connectivity index (χ1n) is 10.7. The second-order valence-corrected chi connectivity index (χ2v) is 8.34. The molecule has 0 saturated carbocycles. The van der Waals surface area contributed by atoms with Crippen LogP contribution in [0.3, 0.4) is 0 Å². The summed E-state index contributed by atoms with van der Waals surface area (Å²) in [6.07, 6.45) is 0. The summed E-state index contributed by atoms with van der Waals surface area (Å²) in [7, 11) is 0. The number of aryl methyl sites for hydroxylation is 1. The summed E-state index contributed by atoms with van der Waals surface area (Å²) in [5, 5.41) is 13.2. The molecule has 33 heavy (non-hydrogen) atoms. The van der Waals surface area contributed by atoms with E-state index in [4.69, 9.17) is 20.5 Å². The molecule has 2 aromatic heterocycles. The van der Waals surface area contributed by atoms with Crippen LogP contribution in [0.15, 0.2) is 63.5 Å². The van der Waals surface area contributed by atoms with Gasteiger partial charge in [0.1, 0.15) is 17.0 Å². The lowest BCUT2D eigenvalue weighted by Crippen LogP contribution is -2.48. The summed E-state index contributed by atoms with van der Waals surface area (Å²) >= 11 is 6.02. The zero-order chi connectivity index (χ0) is 22.8. The number of hydrogen-bond acceptors (Lipinski definition) is 7. The predicted molar refractivity (Wildman–Crippen MR) is 123 cm³/mol. The molecule has 3 heterocycles.